The molecule has 31 heavy (non-hydrogen) atoms. The van der Waals surface area contributed by atoms with E-state index < -0.39 is 10.0 Å². The fourth-order valence-electron chi connectivity index (χ4n) is 3.68. The maximum Gasteiger partial charge on any atom is 0.238 e. The highest BCUT2D eigenvalue weighted by atomic mass is 32.2. The molecule has 4 rings (SSSR count). The average Bonchev–Trinajstić information content (AvgIpc) is 3.25. The Balaban J connectivity index is 1.76. The second kappa shape index (κ2) is 7.54. The minimum atomic E-state index is -3.75. The van der Waals surface area contributed by atoms with Gasteiger partial charge in [0.25, 0.3) is 0 Å². The van der Waals surface area contributed by atoms with Crippen molar-refractivity contribution in [2.24, 2.45) is 5.14 Å². The topological polar surface area (TPSA) is 118 Å². The lowest BCUT2D eigenvalue weighted by atomic mass is 10.1. The van der Waals surface area contributed by atoms with E-state index in [9.17, 15) is 13.7 Å². The van der Waals surface area contributed by atoms with Crippen LogP contribution >= 0.6 is 0 Å². The lowest BCUT2D eigenvalue weighted by Crippen LogP contribution is -2.12. The van der Waals surface area contributed by atoms with Crippen LogP contribution in [0.2, 0.25) is 0 Å². The standard InChI is InChI=1S/C23H21N5O2S/c1-14-4-9-21-22(10-14)27-23(26-21)18(13-24)12-17-11-15(2)28(16(17)3)19-5-7-20(8-6-19)31(25,29)30/h4-12H,1-3H3,(H,26,27)(H2,25,29,30)/b18-12-. The van der Waals surface area contributed by atoms with Gasteiger partial charge in [0.2, 0.25) is 10.0 Å². The molecule has 156 valence electrons. The van der Waals surface area contributed by atoms with E-state index in [-0.39, 0.29) is 4.90 Å². The molecule has 7 nitrogen and oxygen atoms in total. The molecule has 0 amide bonds. The number of fused-ring (bicyclic) bond motifs is 1. The fourth-order valence-corrected chi connectivity index (χ4v) is 4.19. The lowest BCUT2D eigenvalue weighted by molar-refractivity contribution is 0.598. The Labute approximate surface area is 180 Å². The number of hydrogen-bond donors (Lipinski definition) is 2. The first-order valence-electron chi connectivity index (χ1n) is 9.58. The summed E-state index contributed by atoms with van der Waals surface area (Å²) < 4.78 is 25.0. The van der Waals surface area contributed by atoms with Crippen LogP contribution in [0.15, 0.2) is 53.4 Å². The van der Waals surface area contributed by atoms with E-state index >= 15 is 0 Å². The summed E-state index contributed by atoms with van der Waals surface area (Å²) in [6.07, 6.45) is 1.81. The zero-order valence-corrected chi connectivity index (χ0v) is 18.2. The zero-order valence-electron chi connectivity index (χ0n) is 17.3. The Bertz CT molecular complexity index is 1480. The van der Waals surface area contributed by atoms with Crippen molar-refractivity contribution in [2.45, 2.75) is 25.7 Å². The largest absolute Gasteiger partial charge is 0.337 e. The highest BCUT2D eigenvalue weighted by Gasteiger charge is 2.14. The number of aromatic nitrogens is 3. The van der Waals surface area contributed by atoms with Crippen LogP contribution in [0.3, 0.4) is 0 Å². The predicted octanol–water partition coefficient (Wildman–Crippen LogP) is 3.99. The summed E-state index contributed by atoms with van der Waals surface area (Å²) in [6, 6.07) is 16.5. The molecular formula is C23H21N5O2S. The SMILES string of the molecule is Cc1ccc2nc(/C(C#N)=C\c3cc(C)n(-c4ccc(S(N)(=O)=O)cc4)c3C)[nH]c2c1. The Hall–Kier alpha value is -3.67. The van der Waals surface area contributed by atoms with Gasteiger partial charge in [0.05, 0.1) is 21.5 Å². The van der Waals surface area contributed by atoms with Gasteiger partial charge in [-0.1, -0.05) is 6.07 Å². The number of hydrogen-bond acceptors (Lipinski definition) is 4. The molecule has 0 radical (unpaired) electrons. The first-order chi connectivity index (χ1) is 14.7. The molecule has 0 aliphatic heterocycles. The summed E-state index contributed by atoms with van der Waals surface area (Å²) in [4.78, 5) is 7.83. The first-order valence-corrected chi connectivity index (χ1v) is 11.1. The van der Waals surface area contributed by atoms with Crippen LogP contribution in [0.25, 0.3) is 28.4 Å². The Kier molecular flexibility index (Phi) is 5.01. The minimum absolute atomic E-state index is 0.0609. The molecule has 0 atom stereocenters. The van der Waals surface area contributed by atoms with Crippen LogP contribution in [-0.2, 0) is 10.0 Å². The first kappa shape index (κ1) is 20.6. The molecule has 0 saturated heterocycles. The molecule has 3 N–H and O–H groups in total. The molecule has 4 aromatic rings. The summed E-state index contributed by atoms with van der Waals surface area (Å²) >= 11 is 0. The number of aromatic amines is 1. The molecule has 2 heterocycles. The number of H-pyrrole nitrogens is 1. The van der Waals surface area contributed by atoms with E-state index in [0.29, 0.717) is 11.4 Å². The van der Waals surface area contributed by atoms with Gasteiger partial charge in [-0.25, -0.2) is 18.5 Å². The van der Waals surface area contributed by atoms with Gasteiger partial charge in [0.15, 0.2) is 0 Å². The monoisotopic (exact) mass is 431 g/mol. The van der Waals surface area contributed by atoms with Gasteiger partial charge < -0.3 is 9.55 Å². The van der Waals surface area contributed by atoms with E-state index in [2.05, 4.69) is 16.0 Å². The van der Waals surface area contributed by atoms with Gasteiger partial charge in [-0.2, -0.15) is 5.26 Å². The van der Waals surface area contributed by atoms with Crippen molar-refractivity contribution in [1.29, 1.82) is 5.26 Å². The summed E-state index contributed by atoms with van der Waals surface area (Å²) in [5.41, 5.74) is 6.78. The van der Waals surface area contributed by atoms with Gasteiger partial charge in [-0.3, -0.25) is 0 Å². The number of sulfonamides is 1. The smallest absolute Gasteiger partial charge is 0.238 e. The van der Waals surface area contributed by atoms with Crippen LogP contribution in [0.5, 0.6) is 0 Å². The normalized spacial score (nSPS) is 12.3. The molecule has 0 aliphatic rings. The number of nitrogens with two attached hydrogens (primary N) is 1. The minimum Gasteiger partial charge on any atom is -0.337 e. The molecule has 0 spiro atoms. The highest BCUT2D eigenvalue weighted by Crippen LogP contribution is 2.26. The summed E-state index contributed by atoms with van der Waals surface area (Å²) in [7, 11) is -3.75. The molecule has 2 aromatic carbocycles. The molecule has 0 fully saturated rings. The maximum atomic E-state index is 11.5. The average molecular weight is 432 g/mol. The van der Waals surface area contributed by atoms with Crippen molar-refractivity contribution < 1.29 is 8.42 Å². The number of nitriles is 1. The number of nitrogens with zero attached hydrogens (tertiary/aromatic N) is 3. The van der Waals surface area contributed by atoms with Gasteiger partial charge in [-0.15, -0.1) is 0 Å². The second-order valence-corrected chi connectivity index (χ2v) is 9.04. The Morgan fingerprint density at radius 1 is 1.13 bits per heavy atom. The van der Waals surface area contributed by atoms with E-state index in [1.54, 1.807) is 12.1 Å². The van der Waals surface area contributed by atoms with Crippen LogP contribution in [0, 0.1) is 32.1 Å². The second-order valence-electron chi connectivity index (χ2n) is 7.48. The molecular weight excluding hydrogens is 410 g/mol. The van der Waals surface area contributed by atoms with E-state index in [0.717, 1.165) is 39.2 Å². The lowest BCUT2D eigenvalue weighted by Gasteiger charge is -2.10. The van der Waals surface area contributed by atoms with Gasteiger partial charge >= 0.3 is 0 Å². The number of allylic oxidation sites excluding steroid dienone is 1. The summed E-state index contributed by atoms with van der Waals surface area (Å²) in [6.45, 7) is 5.91. The molecule has 0 aliphatic carbocycles. The Morgan fingerprint density at radius 3 is 2.48 bits per heavy atom. The van der Waals surface area contributed by atoms with Crippen molar-refractivity contribution in [2.75, 3.05) is 0 Å². The number of imidazole rings is 1. The van der Waals surface area contributed by atoms with Gasteiger partial charge in [-0.05, 0) is 80.4 Å². The molecule has 0 bridgehead atoms. The number of nitrogens with one attached hydrogen (secondary N) is 1. The van der Waals surface area contributed by atoms with Crippen molar-refractivity contribution in [1.82, 2.24) is 14.5 Å². The van der Waals surface area contributed by atoms with E-state index in [1.165, 1.54) is 12.1 Å². The van der Waals surface area contributed by atoms with E-state index in [4.69, 9.17) is 5.14 Å². The molecule has 0 saturated carbocycles. The van der Waals surface area contributed by atoms with Gasteiger partial charge in [0.1, 0.15) is 11.9 Å². The third kappa shape index (κ3) is 3.89. The number of rotatable bonds is 4. The van der Waals surface area contributed by atoms with Crippen LogP contribution in [0.4, 0.5) is 0 Å². The predicted molar refractivity (Wildman–Crippen MR) is 121 cm³/mol. The van der Waals surface area contributed by atoms with E-state index in [1.807, 2.05) is 55.7 Å². The Morgan fingerprint density at radius 2 is 1.84 bits per heavy atom. The number of primary sulfonamides is 1. The number of benzene rings is 2. The number of aryl methyl sites for hydroxylation is 2. The van der Waals surface area contributed by atoms with Crippen molar-refractivity contribution >= 4 is 32.7 Å². The van der Waals surface area contributed by atoms with Crippen LogP contribution < -0.4 is 5.14 Å². The quantitative estimate of drug-likeness (QED) is 0.475. The van der Waals surface area contributed by atoms with Crippen molar-refractivity contribution in [3.8, 4) is 11.8 Å². The molecule has 8 heteroatoms. The van der Waals surface area contributed by atoms with Crippen molar-refractivity contribution in [3.05, 3.63) is 76.9 Å². The summed E-state index contributed by atoms with van der Waals surface area (Å²) in [5, 5.41) is 14.9. The third-order valence-electron chi connectivity index (χ3n) is 5.21. The van der Waals surface area contributed by atoms with Gasteiger partial charge in [0, 0.05) is 17.1 Å². The van der Waals surface area contributed by atoms with Crippen LogP contribution in [0.1, 0.15) is 28.3 Å². The molecule has 0 unspecified atom stereocenters. The highest BCUT2D eigenvalue weighted by molar-refractivity contribution is 7.89. The summed E-state index contributed by atoms with van der Waals surface area (Å²) in [5.74, 6) is 0.519. The maximum absolute atomic E-state index is 11.5. The van der Waals surface area contributed by atoms with Crippen LogP contribution in [-0.4, -0.2) is 23.0 Å². The third-order valence-corrected chi connectivity index (χ3v) is 6.14. The molecule has 2 aromatic heterocycles. The van der Waals surface area contributed by atoms with Crippen molar-refractivity contribution in [3.63, 3.8) is 0 Å². The zero-order chi connectivity index (χ0) is 22.3. The fraction of sp³-hybridized carbons (Fsp3) is 0.130.